The Morgan fingerprint density at radius 1 is 1.39 bits per heavy atom. The zero-order valence-corrected chi connectivity index (χ0v) is 11.1. The fourth-order valence-electron chi connectivity index (χ4n) is 1.50. The van der Waals surface area contributed by atoms with Crippen molar-refractivity contribution in [3.63, 3.8) is 0 Å². The van der Waals surface area contributed by atoms with Gasteiger partial charge in [0.25, 0.3) is 5.91 Å². The highest BCUT2D eigenvalue weighted by Gasteiger charge is 2.07. The zero-order valence-electron chi connectivity index (χ0n) is 9.52. The van der Waals surface area contributed by atoms with E-state index in [0.29, 0.717) is 12.1 Å². The fraction of sp³-hybridized carbons (Fsp3) is 0.154. The first-order valence-corrected chi connectivity index (χ1v) is 6.71. The van der Waals surface area contributed by atoms with Gasteiger partial charge in [-0.15, -0.1) is 11.3 Å². The van der Waals surface area contributed by atoms with Gasteiger partial charge in [-0.05, 0) is 36.1 Å². The number of carbonyl (C=O) groups excluding carboxylic acids is 1. The third-order valence-corrected chi connectivity index (χ3v) is 3.69. The van der Waals surface area contributed by atoms with E-state index in [4.69, 9.17) is 11.6 Å². The van der Waals surface area contributed by atoms with Crippen molar-refractivity contribution in [3.8, 4) is 5.75 Å². The monoisotopic (exact) mass is 281 g/mol. The minimum Gasteiger partial charge on any atom is -0.506 e. The first kappa shape index (κ1) is 12.9. The molecule has 5 heteroatoms. The van der Waals surface area contributed by atoms with E-state index in [-0.39, 0.29) is 16.7 Å². The Morgan fingerprint density at radius 3 is 2.89 bits per heavy atom. The molecule has 0 saturated heterocycles. The van der Waals surface area contributed by atoms with Crippen LogP contribution in [0.5, 0.6) is 5.75 Å². The van der Waals surface area contributed by atoms with Crippen LogP contribution in [0.25, 0.3) is 0 Å². The first-order chi connectivity index (χ1) is 8.66. The van der Waals surface area contributed by atoms with E-state index < -0.39 is 0 Å². The maximum atomic E-state index is 11.8. The number of thiophene rings is 1. The van der Waals surface area contributed by atoms with Crippen molar-refractivity contribution in [1.82, 2.24) is 5.32 Å². The largest absolute Gasteiger partial charge is 0.506 e. The molecule has 0 radical (unpaired) electrons. The molecule has 1 amide bonds. The average Bonchev–Trinajstić information content (AvgIpc) is 2.85. The second kappa shape index (κ2) is 5.89. The lowest BCUT2D eigenvalue weighted by Crippen LogP contribution is -2.25. The van der Waals surface area contributed by atoms with Gasteiger partial charge in [0.1, 0.15) is 5.75 Å². The Kier molecular flexibility index (Phi) is 4.23. The first-order valence-electron chi connectivity index (χ1n) is 5.46. The summed E-state index contributed by atoms with van der Waals surface area (Å²) < 4.78 is 0. The van der Waals surface area contributed by atoms with Gasteiger partial charge in [0, 0.05) is 17.0 Å². The number of aromatic hydroxyl groups is 1. The van der Waals surface area contributed by atoms with Gasteiger partial charge in [-0.2, -0.15) is 0 Å². The van der Waals surface area contributed by atoms with Gasteiger partial charge < -0.3 is 10.4 Å². The molecule has 0 atom stereocenters. The van der Waals surface area contributed by atoms with E-state index in [1.165, 1.54) is 17.0 Å². The zero-order chi connectivity index (χ0) is 13.0. The predicted octanol–water partition coefficient (Wildman–Crippen LogP) is 3.08. The number of benzene rings is 1. The number of nitrogens with one attached hydrogen (secondary N) is 1. The van der Waals surface area contributed by atoms with E-state index in [2.05, 4.69) is 5.32 Å². The molecule has 0 aliphatic carbocycles. The van der Waals surface area contributed by atoms with Crippen LogP contribution in [0.1, 0.15) is 15.2 Å². The number of amides is 1. The van der Waals surface area contributed by atoms with Crippen molar-refractivity contribution in [1.29, 1.82) is 0 Å². The third-order valence-electron chi connectivity index (χ3n) is 2.45. The predicted molar refractivity (Wildman–Crippen MR) is 73.5 cm³/mol. The molecule has 1 heterocycles. The molecule has 0 bridgehead atoms. The Hall–Kier alpha value is -1.52. The van der Waals surface area contributed by atoms with Crippen LogP contribution in [0.3, 0.4) is 0 Å². The molecule has 2 rings (SSSR count). The molecular weight excluding hydrogens is 270 g/mol. The van der Waals surface area contributed by atoms with E-state index in [9.17, 15) is 9.90 Å². The highest BCUT2D eigenvalue weighted by atomic mass is 35.5. The summed E-state index contributed by atoms with van der Waals surface area (Å²) in [5.74, 6) is -0.208. The van der Waals surface area contributed by atoms with Crippen LogP contribution in [0.4, 0.5) is 0 Å². The van der Waals surface area contributed by atoms with Gasteiger partial charge in [-0.1, -0.05) is 17.7 Å². The van der Waals surface area contributed by atoms with Crippen LogP contribution >= 0.6 is 22.9 Å². The number of rotatable bonds is 4. The number of phenolic OH excluding ortho intramolecular Hbond substituents is 1. The maximum Gasteiger partial charge on any atom is 0.251 e. The Balaban J connectivity index is 1.89. The minimum absolute atomic E-state index is 0.0215. The molecule has 0 unspecified atom stereocenters. The van der Waals surface area contributed by atoms with Crippen LogP contribution in [-0.2, 0) is 6.42 Å². The SMILES string of the molecule is O=C(NCCc1cccs1)c1ccc(O)c(Cl)c1. The fourth-order valence-corrected chi connectivity index (χ4v) is 2.39. The van der Waals surface area contributed by atoms with E-state index in [1.54, 1.807) is 17.4 Å². The normalized spacial score (nSPS) is 10.3. The molecule has 2 N–H and O–H groups in total. The lowest BCUT2D eigenvalue weighted by atomic mass is 10.2. The molecule has 2 aromatic rings. The number of phenols is 1. The quantitative estimate of drug-likeness (QED) is 0.905. The number of carbonyl (C=O) groups is 1. The molecule has 0 aliphatic rings. The van der Waals surface area contributed by atoms with Crippen LogP contribution in [0.15, 0.2) is 35.7 Å². The van der Waals surface area contributed by atoms with Gasteiger partial charge in [-0.3, -0.25) is 4.79 Å². The van der Waals surface area contributed by atoms with Crippen molar-refractivity contribution in [3.05, 3.63) is 51.2 Å². The van der Waals surface area contributed by atoms with E-state index in [0.717, 1.165) is 6.42 Å². The van der Waals surface area contributed by atoms with Gasteiger partial charge in [-0.25, -0.2) is 0 Å². The Labute approximate surface area is 114 Å². The van der Waals surface area contributed by atoms with Crippen molar-refractivity contribution >= 4 is 28.8 Å². The molecule has 94 valence electrons. The molecule has 0 spiro atoms. The summed E-state index contributed by atoms with van der Waals surface area (Å²) in [6, 6.07) is 8.44. The van der Waals surface area contributed by atoms with Crippen LogP contribution in [0, 0.1) is 0 Å². The van der Waals surface area contributed by atoms with Crippen LogP contribution in [-0.4, -0.2) is 17.6 Å². The molecule has 18 heavy (non-hydrogen) atoms. The van der Waals surface area contributed by atoms with Crippen LogP contribution in [0.2, 0.25) is 5.02 Å². The highest BCUT2D eigenvalue weighted by Crippen LogP contribution is 2.23. The molecule has 1 aromatic heterocycles. The number of hydrogen-bond donors (Lipinski definition) is 2. The van der Waals surface area contributed by atoms with Gasteiger partial charge >= 0.3 is 0 Å². The summed E-state index contributed by atoms with van der Waals surface area (Å²) >= 11 is 7.41. The summed E-state index contributed by atoms with van der Waals surface area (Å²) in [5, 5.41) is 14.3. The van der Waals surface area contributed by atoms with Gasteiger partial charge in [0.15, 0.2) is 0 Å². The summed E-state index contributed by atoms with van der Waals surface area (Å²) in [6.07, 6.45) is 0.815. The Morgan fingerprint density at radius 2 is 2.22 bits per heavy atom. The lowest BCUT2D eigenvalue weighted by molar-refractivity contribution is 0.0954. The molecule has 0 aliphatic heterocycles. The van der Waals surface area contributed by atoms with Crippen molar-refractivity contribution in [2.45, 2.75) is 6.42 Å². The van der Waals surface area contributed by atoms with Crippen LogP contribution < -0.4 is 5.32 Å². The molecule has 0 saturated carbocycles. The summed E-state index contributed by atoms with van der Waals surface area (Å²) in [7, 11) is 0. The average molecular weight is 282 g/mol. The second-order valence-corrected chi connectivity index (χ2v) is 5.19. The third kappa shape index (κ3) is 3.24. The molecule has 1 aromatic carbocycles. The standard InChI is InChI=1S/C13H12ClNO2S/c14-11-8-9(3-4-12(11)16)13(17)15-6-5-10-2-1-7-18-10/h1-4,7-8,16H,5-6H2,(H,15,17). The maximum absolute atomic E-state index is 11.8. The summed E-state index contributed by atoms with van der Waals surface area (Å²) in [6.45, 7) is 0.581. The lowest BCUT2D eigenvalue weighted by Gasteiger charge is -2.05. The van der Waals surface area contributed by atoms with Crippen molar-refractivity contribution < 1.29 is 9.90 Å². The van der Waals surface area contributed by atoms with Crippen molar-refractivity contribution in [2.75, 3.05) is 6.54 Å². The number of halogens is 1. The second-order valence-electron chi connectivity index (χ2n) is 3.75. The highest BCUT2D eigenvalue weighted by molar-refractivity contribution is 7.09. The Bertz CT molecular complexity index is 540. The minimum atomic E-state index is -0.187. The molecule has 3 nitrogen and oxygen atoms in total. The topological polar surface area (TPSA) is 49.3 Å². The molecule has 0 fully saturated rings. The smallest absolute Gasteiger partial charge is 0.251 e. The van der Waals surface area contributed by atoms with E-state index >= 15 is 0 Å². The van der Waals surface area contributed by atoms with Gasteiger partial charge in [0.05, 0.1) is 5.02 Å². The van der Waals surface area contributed by atoms with Crippen molar-refractivity contribution in [2.24, 2.45) is 0 Å². The van der Waals surface area contributed by atoms with Gasteiger partial charge in [0.2, 0.25) is 0 Å². The van der Waals surface area contributed by atoms with E-state index in [1.807, 2.05) is 17.5 Å². The molecular formula is C13H12ClNO2S. The summed E-state index contributed by atoms with van der Waals surface area (Å²) in [5.41, 5.74) is 0.448. The number of hydrogen-bond acceptors (Lipinski definition) is 3. The summed E-state index contributed by atoms with van der Waals surface area (Å²) in [4.78, 5) is 13.0.